The van der Waals surface area contributed by atoms with Crippen molar-refractivity contribution in [2.45, 2.75) is 30.1 Å². The summed E-state index contributed by atoms with van der Waals surface area (Å²) < 4.78 is 29.1. The Kier molecular flexibility index (Phi) is 6.40. The van der Waals surface area contributed by atoms with Gasteiger partial charge in [-0.3, -0.25) is 4.18 Å². The van der Waals surface area contributed by atoms with E-state index in [9.17, 15) is 23.7 Å². The summed E-state index contributed by atoms with van der Waals surface area (Å²) >= 11 is 0. The average molecular weight is 419 g/mol. The lowest BCUT2D eigenvalue weighted by Gasteiger charge is -2.21. The predicted molar refractivity (Wildman–Crippen MR) is 103 cm³/mol. The Bertz CT molecular complexity index is 1040. The second-order valence-electron chi connectivity index (χ2n) is 6.45. The van der Waals surface area contributed by atoms with Crippen molar-refractivity contribution >= 4 is 10.1 Å². The largest absolute Gasteiger partial charge is 0.388 e. The molecule has 3 rings (SSSR count). The Morgan fingerprint density at radius 3 is 2.34 bits per heavy atom. The number of aromatic nitrogens is 3. The zero-order chi connectivity index (χ0) is 21.0. The molecule has 0 aliphatic carbocycles. The molecular weight excluding hydrogens is 398 g/mol. The van der Waals surface area contributed by atoms with E-state index < -0.39 is 35.0 Å². The smallest absolute Gasteiger partial charge is 0.297 e. The molecule has 1 heterocycles. The first-order valence-electron chi connectivity index (χ1n) is 8.76. The minimum Gasteiger partial charge on any atom is -0.388 e. The summed E-state index contributed by atoms with van der Waals surface area (Å²) in [5.41, 5.74) is 1.54. The van der Waals surface area contributed by atoms with E-state index >= 15 is 0 Å². The number of nitrogens with zero attached hydrogens (tertiary/aromatic N) is 3. The number of hydrogen-bond acceptors (Lipinski definition) is 8. The first-order chi connectivity index (χ1) is 13.8. The second kappa shape index (κ2) is 8.80. The minimum atomic E-state index is -4.11. The molecule has 0 saturated carbocycles. The highest BCUT2D eigenvalue weighted by Crippen LogP contribution is 2.19. The van der Waals surface area contributed by atoms with Gasteiger partial charge in [-0.05, 0) is 31.2 Å². The molecule has 1 aromatic heterocycles. The van der Waals surface area contributed by atoms with Crippen LogP contribution in [0.1, 0.15) is 17.4 Å². The minimum absolute atomic E-state index is 0.0156. The highest BCUT2D eigenvalue weighted by atomic mass is 32.2. The zero-order valence-corrected chi connectivity index (χ0v) is 16.3. The Labute approximate surface area is 167 Å². The fourth-order valence-corrected chi connectivity index (χ4v) is 3.44. The number of benzene rings is 2. The lowest BCUT2D eigenvalue weighted by Crippen LogP contribution is -2.36. The molecule has 0 aliphatic rings. The van der Waals surface area contributed by atoms with Crippen LogP contribution in [0.25, 0.3) is 5.69 Å². The first-order valence-corrected chi connectivity index (χ1v) is 10.2. The summed E-state index contributed by atoms with van der Waals surface area (Å²) in [6.07, 6.45) is -3.75. The van der Waals surface area contributed by atoms with Gasteiger partial charge in [0.05, 0.1) is 23.4 Å². The quantitative estimate of drug-likeness (QED) is 0.455. The van der Waals surface area contributed by atoms with Crippen LogP contribution in [-0.4, -0.2) is 57.5 Å². The van der Waals surface area contributed by atoms with E-state index in [1.54, 1.807) is 36.4 Å². The summed E-state index contributed by atoms with van der Waals surface area (Å²) in [6, 6.07) is 14.9. The van der Waals surface area contributed by atoms with Crippen molar-refractivity contribution in [1.29, 1.82) is 0 Å². The van der Waals surface area contributed by atoms with Crippen LogP contribution in [0.3, 0.4) is 0 Å². The standard InChI is InChI=1S/C19H21N3O6S/c1-13-7-9-15(10-8-13)29(26,27)28-12-17(23)19(25)18(24)16-11-20-22(21-16)14-5-3-2-4-6-14/h2-11,17-19,23-25H,12H2,1H3/t17-,18+,19+/m1/s1. The second-order valence-corrected chi connectivity index (χ2v) is 8.06. The molecule has 2 aromatic carbocycles. The molecule has 10 heteroatoms. The van der Waals surface area contributed by atoms with Gasteiger partial charge in [-0.2, -0.15) is 23.4 Å². The SMILES string of the molecule is Cc1ccc(S(=O)(=O)OC[C@@H](O)[C@H](O)[C@@H](O)c2cnn(-c3ccccc3)n2)cc1. The van der Waals surface area contributed by atoms with E-state index in [-0.39, 0.29) is 10.6 Å². The summed E-state index contributed by atoms with van der Waals surface area (Å²) in [5, 5.41) is 38.6. The van der Waals surface area contributed by atoms with Gasteiger partial charge in [0.25, 0.3) is 10.1 Å². The number of aryl methyl sites for hydroxylation is 1. The van der Waals surface area contributed by atoms with E-state index in [0.29, 0.717) is 5.69 Å². The van der Waals surface area contributed by atoms with Crippen LogP contribution in [0.4, 0.5) is 0 Å². The third-order valence-corrected chi connectivity index (χ3v) is 5.52. The van der Waals surface area contributed by atoms with Crippen molar-refractivity contribution in [2.75, 3.05) is 6.61 Å². The van der Waals surface area contributed by atoms with Crippen molar-refractivity contribution in [3.8, 4) is 5.69 Å². The molecule has 0 unspecified atom stereocenters. The van der Waals surface area contributed by atoms with E-state index in [4.69, 9.17) is 4.18 Å². The van der Waals surface area contributed by atoms with Gasteiger partial charge in [-0.25, -0.2) is 0 Å². The Morgan fingerprint density at radius 1 is 1.03 bits per heavy atom. The maximum Gasteiger partial charge on any atom is 0.297 e. The normalized spacial score (nSPS) is 15.0. The maximum atomic E-state index is 12.2. The molecule has 3 aromatic rings. The van der Waals surface area contributed by atoms with Crippen LogP contribution in [0, 0.1) is 6.92 Å². The number of hydrogen-bond donors (Lipinski definition) is 3. The van der Waals surface area contributed by atoms with E-state index in [2.05, 4.69) is 10.2 Å². The molecule has 3 atom stereocenters. The van der Waals surface area contributed by atoms with E-state index in [1.807, 2.05) is 13.0 Å². The first kappa shape index (κ1) is 21.1. The van der Waals surface area contributed by atoms with Gasteiger partial charge >= 0.3 is 0 Å². The fraction of sp³-hybridized carbons (Fsp3) is 0.263. The summed E-state index contributed by atoms with van der Waals surface area (Å²) in [6.45, 7) is 1.08. The lowest BCUT2D eigenvalue weighted by molar-refractivity contribution is -0.0749. The van der Waals surface area contributed by atoms with Crippen molar-refractivity contribution in [3.63, 3.8) is 0 Å². The van der Waals surface area contributed by atoms with Crippen molar-refractivity contribution in [2.24, 2.45) is 0 Å². The lowest BCUT2D eigenvalue weighted by atomic mass is 10.1. The van der Waals surface area contributed by atoms with Gasteiger partial charge in [-0.15, -0.1) is 0 Å². The average Bonchev–Trinajstić information content (AvgIpc) is 3.22. The Balaban J connectivity index is 1.63. The van der Waals surface area contributed by atoms with Crippen molar-refractivity contribution in [1.82, 2.24) is 15.0 Å². The molecule has 3 N–H and O–H groups in total. The maximum absolute atomic E-state index is 12.2. The van der Waals surface area contributed by atoms with Crippen molar-refractivity contribution in [3.05, 3.63) is 72.1 Å². The summed E-state index contributed by atoms with van der Waals surface area (Å²) in [5.74, 6) is 0. The van der Waals surface area contributed by atoms with Crippen LogP contribution in [0.2, 0.25) is 0 Å². The van der Waals surface area contributed by atoms with Gasteiger partial charge in [0.1, 0.15) is 24.0 Å². The van der Waals surface area contributed by atoms with Gasteiger partial charge < -0.3 is 15.3 Å². The van der Waals surface area contributed by atoms with Crippen molar-refractivity contribution < 1.29 is 27.9 Å². The van der Waals surface area contributed by atoms with Crippen LogP contribution in [0.5, 0.6) is 0 Å². The molecule has 9 nitrogen and oxygen atoms in total. The monoisotopic (exact) mass is 419 g/mol. The van der Waals surface area contributed by atoms with Gasteiger partial charge in [0.15, 0.2) is 0 Å². The molecule has 29 heavy (non-hydrogen) atoms. The summed E-state index contributed by atoms with van der Waals surface area (Å²) in [7, 11) is -4.11. The Morgan fingerprint density at radius 2 is 1.69 bits per heavy atom. The molecule has 0 amide bonds. The third kappa shape index (κ3) is 5.05. The fourth-order valence-electron chi connectivity index (χ4n) is 2.51. The Hall–Kier alpha value is -2.63. The van der Waals surface area contributed by atoms with Crippen LogP contribution >= 0.6 is 0 Å². The highest BCUT2D eigenvalue weighted by molar-refractivity contribution is 7.86. The summed E-state index contributed by atoms with van der Waals surface area (Å²) in [4.78, 5) is 1.19. The van der Waals surface area contributed by atoms with E-state index in [0.717, 1.165) is 5.56 Å². The van der Waals surface area contributed by atoms with Crippen LogP contribution in [0.15, 0.2) is 65.7 Å². The molecule has 0 aliphatic heterocycles. The van der Waals surface area contributed by atoms with E-state index in [1.165, 1.54) is 23.1 Å². The van der Waals surface area contributed by atoms with Crippen LogP contribution < -0.4 is 0 Å². The molecule has 0 saturated heterocycles. The molecular formula is C19H21N3O6S. The third-order valence-electron chi connectivity index (χ3n) is 4.22. The van der Waals surface area contributed by atoms with Crippen LogP contribution in [-0.2, 0) is 14.3 Å². The molecule has 0 radical (unpaired) electrons. The number of aliphatic hydroxyl groups excluding tert-OH is 3. The predicted octanol–water partition coefficient (Wildman–Crippen LogP) is 0.736. The molecule has 0 spiro atoms. The van der Waals surface area contributed by atoms with Gasteiger partial charge in [-0.1, -0.05) is 35.9 Å². The number of rotatable bonds is 8. The topological polar surface area (TPSA) is 135 Å². The van der Waals surface area contributed by atoms with Gasteiger partial charge in [0.2, 0.25) is 0 Å². The highest BCUT2D eigenvalue weighted by Gasteiger charge is 2.30. The molecule has 0 fully saturated rings. The zero-order valence-electron chi connectivity index (χ0n) is 15.5. The molecule has 0 bridgehead atoms. The number of aliphatic hydroxyl groups is 3. The number of para-hydroxylation sites is 1. The van der Waals surface area contributed by atoms with Gasteiger partial charge in [0, 0.05) is 0 Å². The molecule has 154 valence electrons.